The first-order valence-electron chi connectivity index (χ1n) is 6.56. The molecule has 0 spiro atoms. The minimum Gasteiger partial charge on any atom is -0.378 e. The number of amides is 1. The Kier molecular flexibility index (Phi) is 5.26. The van der Waals surface area contributed by atoms with Gasteiger partial charge in [0.15, 0.2) is 0 Å². The van der Waals surface area contributed by atoms with Crippen molar-refractivity contribution in [3.63, 3.8) is 0 Å². The number of nitrogens with one attached hydrogen (secondary N) is 1. The highest BCUT2D eigenvalue weighted by molar-refractivity contribution is 7.13. The summed E-state index contributed by atoms with van der Waals surface area (Å²) in [6.07, 6.45) is 2.28. The summed E-state index contributed by atoms with van der Waals surface area (Å²) in [5.74, 6) is -0.0399. The standard InChI is InChI=1S/C15H18N2O2S/c1-11(2)19-8-6-14(18)17-13-5-3-4-12(10-13)15-16-7-9-20-15/h3-5,7,9-11H,6,8H2,1-2H3,(H,17,18). The van der Waals surface area contributed by atoms with E-state index in [4.69, 9.17) is 4.74 Å². The van der Waals surface area contributed by atoms with Gasteiger partial charge in [-0.3, -0.25) is 4.79 Å². The van der Waals surface area contributed by atoms with Crippen LogP contribution in [0.15, 0.2) is 35.8 Å². The molecule has 0 aliphatic carbocycles. The van der Waals surface area contributed by atoms with E-state index in [1.54, 1.807) is 17.5 Å². The van der Waals surface area contributed by atoms with Crippen molar-refractivity contribution in [2.24, 2.45) is 0 Å². The zero-order valence-corrected chi connectivity index (χ0v) is 12.4. The molecule has 2 rings (SSSR count). The van der Waals surface area contributed by atoms with E-state index in [1.165, 1.54) is 0 Å². The lowest BCUT2D eigenvalue weighted by Gasteiger charge is -2.08. The van der Waals surface area contributed by atoms with E-state index >= 15 is 0 Å². The first-order chi connectivity index (χ1) is 9.65. The largest absolute Gasteiger partial charge is 0.378 e. The van der Waals surface area contributed by atoms with E-state index < -0.39 is 0 Å². The molecule has 20 heavy (non-hydrogen) atoms. The second-order valence-corrected chi connectivity index (χ2v) is 5.53. The van der Waals surface area contributed by atoms with Crippen molar-refractivity contribution < 1.29 is 9.53 Å². The third-order valence-corrected chi connectivity index (χ3v) is 3.43. The number of carbonyl (C=O) groups is 1. The van der Waals surface area contributed by atoms with Gasteiger partial charge in [-0.25, -0.2) is 4.98 Å². The van der Waals surface area contributed by atoms with Gasteiger partial charge in [0.25, 0.3) is 0 Å². The first-order valence-corrected chi connectivity index (χ1v) is 7.44. The summed E-state index contributed by atoms with van der Waals surface area (Å²) in [6, 6.07) is 7.70. The fourth-order valence-corrected chi connectivity index (χ4v) is 2.34. The van der Waals surface area contributed by atoms with E-state index in [1.807, 2.05) is 43.5 Å². The summed E-state index contributed by atoms with van der Waals surface area (Å²) in [6.45, 7) is 4.35. The van der Waals surface area contributed by atoms with Gasteiger partial charge in [0.1, 0.15) is 5.01 Å². The van der Waals surface area contributed by atoms with Gasteiger partial charge in [-0.05, 0) is 26.0 Å². The summed E-state index contributed by atoms with van der Waals surface area (Å²) in [5.41, 5.74) is 1.79. The van der Waals surface area contributed by atoms with Crippen LogP contribution in [0.1, 0.15) is 20.3 Å². The van der Waals surface area contributed by atoms with Crippen molar-refractivity contribution in [1.29, 1.82) is 0 Å². The highest BCUT2D eigenvalue weighted by atomic mass is 32.1. The number of hydrogen-bond acceptors (Lipinski definition) is 4. The lowest BCUT2D eigenvalue weighted by atomic mass is 10.2. The van der Waals surface area contributed by atoms with Crippen molar-refractivity contribution in [2.45, 2.75) is 26.4 Å². The Morgan fingerprint density at radius 2 is 2.30 bits per heavy atom. The van der Waals surface area contributed by atoms with Crippen LogP contribution in [0, 0.1) is 0 Å². The summed E-state index contributed by atoms with van der Waals surface area (Å²) >= 11 is 1.58. The smallest absolute Gasteiger partial charge is 0.226 e. The second-order valence-electron chi connectivity index (χ2n) is 4.64. The van der Waals surface area contributed by atoms with Crippen molar-refractivity contribution >= 4 is 22.9 Å². The number of ether oxygens (including phenoxy) is 1. The summed E-state index contributed by atoms with van der Waals surface area (Å²) in [4.78, 5) is 16.0. The molecule has 0 aliphatic rings. The third-order valence-electron chi connectivity index (χ3n) is 2.61. The summed E-state index contributed by atoms with van der Waals surface area (Å²) < 4.78 is 5.36. The molecule has 1 aromatic carbocycles. The van der Waals surface area contributed by atoms with Gasteiger partial charge >= 0.3 is 0 Å². The molecule has 0 saturated heterocycles. The molecule has 0 unspecified atom stereocenters. The van der Waals surface area contributed by atoms with Crippen molar-refractivity contribution in [1.82, 2.24) is 4.98 Å². The zero-order valence-electron chi connectivity index (χ0n) is 11.6. The molecule has 4 nitrogen and oxygen atoms in total. The van der Waals surface area contributed by atoms with E-state index in [2.05, 4.69) is 10.3 Å². The highest BCUT2D eigenvalue weighted by Gasteiger charge is 2.05. The average Bonchev–Trinajstić information content (AvgIpc) is 2.92. The van der Waals surface area contributed by atoms with Crippen LogP contribution in [0.25, 0.3) is 10.6 Å². The highest BCUT2D eigenvalue weighted by Crippen LogP contribution is 2.24. The first kappa shape index (κ1) is 14.7. The minimum atomic E-state index is -0.0399. The lowest BCUT2D eigenvalue weighted by Crippen LogP contribution is -2.15. The number of aromatic nitrogens is 1. The molecule has 1 amide bonds. The van der Waals surface area contributed by atoms with E-state index in [-0.39, 0.29) is 12.0 Å². The molecule has 1 heterocycles. The van der Waals surface area contributed by atoms with Gasteiger partial charge in [0.2, 0.25) is 5.91 Å². The van der Waals surface area contributed by atoms with Crippen LogP contribution in [-0.4, -0.2) is 23.6 Å². The van der Waals surface area contributed by atoms with Gasteiger partial charge in [-0.2, -0.15) is 0 Å². The maximum atomic E-state index is 11.8. The van der Waals surface area contributed by atoms with Crippen LogP contribution >= 0.6 is 11.3 Å². The Hall–Kier alpha value is -1.72. The monoisotopic (exact) mass is 290 g/mol. The Morgan fingerprint density at radius 3 is 3.00 bits per heavy atom. The predicted molar refractivity (Wildman–Crippen MR) is 81.9 cm³/mol. The van der Waals surface area contributed by atoms with Gasteiger partial charge in [-0.15, -0.1) is 11.3 Å². The topological polar surface area (TPSA) is 51.2 Å². The van der Waals surface area contributed by atoms with Gasteiger partial charge in [-0.1, -0.05) is 12.1 Å². The van der Waals surface area contributed by atoms with E-state index in [9.17, 15) is 4.79 Å². The Labute approximate surface area is 122 Å². The van der Waals surface area contributed by atoms with Crippen LogP contribution in [-0.2, 0) is 9.53 Å². The number of rotatable bonds is 6. The molecule has 0 atom stereocenters. The quantitative estimate of drug-likeness (QED) is 0.885. The Bertz CT molecular complexity index is 553. The molecule has 1 N–H and O–H groups in total. The van der Waals surface area contributed by atoms with Crippen molar-refractivity contribution in [3.05, 3.63) is 35.8 Å². The van der Waals surface area contributed by atoms with Gasteiger partial charge < -0.3 is 10.1 Å². The fourth-order valence-electron chi connectivity index (χ4n) is 1.71. The molecule has 106 valence electrons. The van der Waals surface area contributed by atoms with Crippen LogP contribution in [0.5, 0.6) is 0 Å². The molecule has 5 heteroatoms. The molecule has 0 saturated carbocycles. The molecule has 0 bridgehead atoms. The molecule has 2 aromatic rings. The molecular weight excluding hydrogens is 272 g/mol. The number of hydrogen-bond donors (Lipinski definition) is 1. The summed E-state index contributed by atoms with van der Waals surface area (Å²) in [5, 5.41) is 5.76. The van der Waals surface area contributed by atoms with Crippen LogP contribution < -0.4 is 5.32 Å². The van der Waals surface area contributed by atoms with E-state index in [0.717, 1.165) is 16.3 Å². The number of carbonyl (C=O) groups excluding carboxylic acids is 1. The van der Waals surface area contributed by atoms with Crippen molar-refractivity contribution in [3.8, 4) is 10.6 Å². The molecule has 0 aliphatic heterocycles. The SMILES string of the molecule is CC(C)OCCC(=O)Nc1cccc(-c2nccs2)c1. The number of nitrogens with zero attached hydrogens (tertiary/aromatic N) is 1. The molecule has 0 radical (unpaired) electrons. The average molecular weight is 290 g/mol. The van der Waals surface area contributed by atoms with Gasteiger partial charge in [0, 0.05) is 22.8 Å². The minimum absolute atomic E-state index is 0.0399. The third kappa shape index (κ3) is 4.43. The second kappa shape index (κ2) is 7.17. The number of benzene rings is 1. The fraction of sp³-hybridized carbons (Fsp3) is 0.333. The van der Waals surface area contributed by atoms with Gasteiger partial charge in [0.05, 0.1) is 19.1 Å². The van der Waals surface area contributed by atoms with Crippen LogP contribution in [0.2, 0.25) is 0 Å². The van der Waals surface area contributed by atoms with Crippen LogP contribution in [0.3, 0.4) is 0 Å². The number of thiazole rings is 1. The Morgan fingerprint density at radius 1 is 1.45 bits per heavy atom. The lowest BCUT2D eigenvalue weighted by molar-refractivity contribution is -0.117. The molecule has 0 fully saturated rings. The van der Waals surface area contributed by atoms with Crippen molar-refractivity contribution in [2.75, 3.05) is 11.9 Å². The predicted octanol–water partition coefficient (Wildman–Crippen LogP) is 3.56. The zero-order chi connectivity index (χ0) is 14.4. The van der Waals surface area contributed by atoms with E-state index in [0.29, 0.717) is 13.0 Å². The molecular formula is C15H18N2O2S. The normalized spacial score (nSPS) is 10.8. The maximum absolute atomic E-state index is 11.8. The maximum Gasteiger partial charge on any atom is 0.226 e. The molecule has 1 aromatic heterocycles. The van der Waals surface area contributed by atoms with Crippen LogP contribution in [0.4, 0.5) is 5.69 Å². The summed E-state index contributed by atoms with van der Waals surface area (Å²) in [7, 11) is 0. The Balaban J connectivity index is 1.93. The number of anilines is 1.